The van der Waals surface area contributed by atoms with E-state index < -0.39 is 0 Å². The summed E-state index contributed by atoms with van der Waals surface area (Å²) in [6.07, 6.45) is 26.3. The van der Waals surface area contributed by atoms with E-state index in [-0.39, 0.29) is 0 Å². The van der Waals surface area contributed by atoms with E-state index in [1.165, 1.54) is 116 Å². The van der Waals surface area contributed by atoms with Gasteiger partial charge in [0.25, 0.3) is 0 Å². The lowest BCUT2D eigenvalue weighted by molar-refractivity contribution is 0.440. The number of hydrogen-bond acceptors (Lipinski definition) is 0. The maximum atomic E-state index is 2.44. The molecule has 0 aliphatic carbocycles. The molecule has 0 aromatic rings. The topological polar surface area (TPSA) is 0 Å². The lowest BCUT2D eigenvalue weighted by Crippen LogP contribution is -1.94. The first-order valence-electron chi connectivity index (χ1n) is 10.8. The van der Waals surface area contributed by atoms with Crippen LogP contribution in [0.3, 0.4) is 0 Å². The molecule has 0 rings (SSSR count). The summed E-state index contributed by atoms with van der Waals surface area (Å²) in [4.78, 5) is 0. The highest BCUT2D eigenvalue weighted by Gasteiger charge is 2.01. The van der Waals surface area contributed by atoms with Gasteiger partial charge in [-0.15, -0.1) is 0 Å². The van der Waals surface area contributed by atoms with Gasteiger partial charge in [0.15, 0.2) is 0 Å². The molecule has 0 unspecified atom stereocenters. The molecular formula is C22H46. The summed E-state index contributed by atoms with van der Waals surface area (Å²) in [5, 5.41) is 0. The average molecular weight is 311 g/mol. The summed E-state index contributed by atoms with van der Waals surface area (Å²) in [6, 6.07) is 0. The zero-order valence-electron chi connectivity index (χ0n) is 16.3. The minimum absolute atomic E-state index is 0.970. The highest BCUT2D eigenvalue weighted by atomic mass is 14.1. The molecule has 0 bridgehead atoms. The standard InChI is InChI=1S/C22H46/c1-4-6-8-9-10-11-12-13-14-15-16-17-18-19-21-22(3)20-7-5-2/h22H,4-21H2,1-3H3/t22-/m1/s1. The van der Waals surface area contributed by atoms with Crippen molar-refractivity contribution in [1.29, 1.82) is 0 Å². The van der Waals surface area contributed by atoms with Crippen LogP contribution < -0.4 is 0 Å². The van der Waals surface area contributed by atoms with Crippen LogP contribution in [-0.2, 0) is 0 Å². The SMILES string of the molecule is CCCCCCCCCCCCCCCC[C@H](C)CCCC. The minimum Gasteiger partial charge on any atom is -0.0654 e. The Bertz CT molecular complexity index is 184. The Hall–Kier alpha value is 0. The van der Waals surface area contributed by atoms with Gasteiger partial charge in [-0.05, 0) is 5.92 Å². The van der Waals surface area contributed by atoms with Gasteiger partial charge in [0.05, 0.1) is 0 Å². The van der Waals surface area contributed by atoms with Crippen molar-refractivity contribution in [2.24, 2.45) is 5.92 Å². The van der Waals surface area contributed by atoms with Crippen LogP contribution >= 0.6 is 0 Å². The molecule has 1 atom stereocenters. The largest absolute Gasteiger partial charge is 0.0654 e. The van der Waals surface area contributed by atoms with Crippen molar-refractivity contribution in [2.75, 3.05) is 0 Å². The van der Waals surface area contributed by atoms with Gasteiger partial charge >= 0.3 is 0 Å². The second kappa shape index (κ2) is 19.0. The molecular weight excluding hydrogens is 264 g/mol. The molecule has 0 aromatic carbocycles. The van der Waals surface area contributed by atoms with E-state index in [1.807, 2.05) is 0 Å². The Kier molecular flexibility index (Phi) is 19.0. The first-order chi connectivity index (χ1) is 10.8. The van der Waals surface area contributed by atoms with Crippen LogP contribution in [0.5, 0.6) is 0 Å². The van der Waals surface area contributed by atoms with Crippen molar-refractivity contribution in [2.45, 2.75) is 136 Å². The first kappa shape index (κ1) is 22.0. The maximum absolute atomic E-state index is 2.44. The smallest absolute Gasteiger partial charge is 0.0443 e. The van der Waals surface area contributed by atoms with Crippen molar-refractivity contribution in [3.8, 4) is 0 Å². The van der Waals surface area contributed by atoms with Crippen molar-refractivity contribution >= 4 is 0 Å². The second-order valence-corrected chi connectivity index (χ2v) is 7.63. The molecule has 0 fully saturated rings. The number of rotatable bonds is 18. The third-order valence-electron chi connectivity index (χ3n) is 5.10. The summed E-state index contributed by atoms with van der Waals surface area (Å²) in [5.74, 6) is 0.970. The molecule has 0 N–H and O–H groups in total. The van der Waals surface area contributed by atoms with Crippen LogP contribution in [0.25, 0.3) is 0 Å². The number of hydrogen-bond donors (Lipinski definition) is 0. The quantitative estimate of drug-likeness (QED) is 0.222. The van der Waals surface area contributed by atoms with Gasteiger partial charge in [-0.2, -0.15) is 0 Å². The zero-order valence-corrected chi connectivity index (χ0v) is 16.3. The Balaban J connectivity index is 3.02. The fourth-order valence-corrected chi connectivity index (χ4v) is 3.38. The second-order valence-electron chi connectivity index (χ2n) is 7.63. The molecule has 22 heavy (non-hydrogen) atoms. The predicted molar refractivity (Wildman–Crippen MR) is 104 cm³/mol. The Morgan fingerprint density at radius 3 is 1.14 bits per heavy atom. The molecule has 0 radical (unpaired) electrons. The summed E-state index contributed by atoms with van der Waals surface area (Å²) >= 11 is 0. The maximum Gasteiger partial charge on any atom is -0.0443 e. The van der Waals surface area contributed by atoms with E-state index in [9.17, 15) is 0 Å². The Morgan fingerprint density at radius 2 is 0.727 bits per heavy atom. The van der Waals surface area contributed by atoms with Crippen molar-refractivity contribution in [1.82, 2.24) is 0 Å². The van der Waals surface area contributed by atoms with Gasteiger partial charge in [-0.3, -0.25) is 0 Å². The summed E-state index contributed by atoms with van der Waals surface area (Å²) in [6.45, 7) is 7.05. The molecule has 0 amide bonds. The lowest BCUT2D eigenvalue weighted by atomic mass is 9.97. The van der Waals surface area contributed by atoms with Gasteiger partial charge < -0.3 is 0 Å². The summed E-state index contributed by atoms with van der Waals surface area (Å²) in [5.41, 5.74) is 0. The van der Waals surface area contributed by atoms with Gasteiger partial charge in [0, 0.05) is 0 Å². The molecule has 0 saturated carbocycles. The molecule has 0 aliphatic heterocycles. The number of unbranched alkanes of at least 4 members (excludes halogenated alkanes) is 14. The van der Waals surface area contributed by atoms with Gasteiger partial charge in [0.1, 0.15) is 0 Å². The zero-order chi connectivity index (χ0) is 16.3. The summed E-state index contributed by atoms with van der Waals surface area (Å²) < 4.78 is 0. The predicted octanol–water partition coefficient (Wildman–Crippen LogP) is 8.68. The minimum atomic E-state index is 0.970. The third kappa shape index (κ3) is 18.1. The highest BCUT2D eigenvalue weighted by molar-refractivity contribution is 4.54. The molecule has 0 saturated heterocycles. The normalized spacial score (nSPS) is 12.7. The Labute approximate surface area is 142 Å². The van der Waals surface area contributed by atoms with Crippen molar-refractivity contribution in [3.05, 3.63) is 0 Å². The van der Waals surface area contributed by atoms with Gasteiger partial charge in [-0.25, -0.2) is 0 Å². The molecule has 0 aliphatic rings. The van der Waals surface area contributed by atoms with E-state index in [0.717, 1.165) is 5.92 Å². The van der Waals surface area contributed by atoms with Crippen LogP contribution in [0.2, 0.25) is 0 Å². The van der Waals surface area contributed by atoms with Crippen molar-refractivity contribution in [3.63, 3.8) is 0 Å². The van der Waals surface area contributed by atoms with Crippen LogP contribution in [0.4, 0.5) is 0 Å². The fraction of sp³-hybridized carbons (Fsp3) is 1.00. The van der Waals surface area contributed by atoms with Gasteiger partial charge in [0.2, 0.25) is 0 Å². The summed E-state index contributed by atoms with van der Waals surface area (Å²) in [7, 11) is 0. The molecule has 0 nitrogen and oxygen atoms in total. The van der Waals surface area contributed by atoms with Crippen molar-refractivity contribution < 1.29 is 0 Å². The highest BCUT2D eigenvalue weighted by Crippen LogP contribution is 2.17. The first-order valence-corrected chi connectivity index (χ1v) is 10.8. The molecule has 0 heteroatoms. The van der Waals surface area contributed by atoms with E-state index >= 15 is 0 Å². The van der Waals surface area contributed by atoms with E-state index in [2.05, 4.69) is 20.8 Å². The fourth-order valence-electron chi connectivity index (χ4n) is 3.38. The van der Waals surface area contributed by atoms with Crippen LogP contribution in [0.15, 0.2) is 0 Å². The molecule has 134 valence electrons. The van der Waals surface area contributed by atoms with Crippen LogP contribution in [0, 0.1) is 5.92 Å². The van der Waals surface area contributed by atoms with Gasteiger partial charge in [-0.1, -0.05) is 136 Å². The van der Waals surface area contributed by atoms with Crippen LogP contribution in [-0.4, -0.2) is 0 Å². The van der Waals surface area contributed by atoms with E-state index in [1.54, 1.807) is 0 Å². The average Bonchev–Trinajstić information content (AvgIpc) is 2.53. The van der Waals surface area contributed by atoms with E-state index in [4.69, 9.17) is 0 Å². The van der Waals surface area contributed by atoms with Crippen LogP contribution in [0.1, 0.15) is 136 Å². The molecule has 0 spiro atoms. The molecule has 0 heterocycles. The monoisotopic (exact) mass is 310 g/mol. The molecule has 0 aromatic heterocycles. The third-order valence-corrected chi connectivity index (χ3v) is 5.10. The Morgan fingerprint density at radius 1 is 0.409 bits per heavy atom. The lowest BCUT2D eigenvalue weighted by Gasteiger charge is -2.10. The van der Waals surface area contributed by atoms with E-state index in [0.29, 0.717) is 0 Å².